The molecule has 0 bridgehead atoms. The van der Waals surface area contributed by atoms with E-state index in [1.165, 1.54) is 48.9 Å². The number of benzene rings is 6. The monoisotopic (exact) mass is 574 g/mol. The summed E-state index contributed by atoms with van der Waals surface area (Å²) >= 11 is 0. The minimum atomic E-state index is 0.581. The molecule has 208 valence electrons. The third kappa shape index (κ3) is 2.88. The third-order valence-corrected chi connectivity index (χ3v) is 9.47. The van der Waals surface area contributed by atoms with Crippen molar-refractivity contribution in [3.8, 4) is 17.2 Å². The van der Waals surface area contributed by atoms with Crippen LogP contribution in [0.4, 0.5) is 0 Å². The van der Waals surface area contributed by atoms with Crippen molar-refractivity contribution < 1.29 is 4.42 Å². The molecule has 5 nitrogen and oxygen atoms in total. The first kappa shape index (κ1) is 23.3. The molecule has 6 aromatic carbocycles. The Balaban J connectivity index is 1.44. The smallest absolute Gasteiger partial charge is 0.233 e. The van der Waals surface area contributed by atoms with Crippen LogP contribution in [0.25, 0.3) is 99.2 Å². The Morgan fingerprint density at radius 1 is 0.467 bits per heavy atom. The largest absolute Gasteiger partial charge is 0.437 e. The van der Waals surface area contributed by atoms with Crippen molar-refractivity contribution >= 4 is 82.0 Å². The maximum atomic E-state index is 6.44. The first-order valence-electron chi connectivity index (χ1n) is 15.2. The summed E-state index contributed by atoms with van der Waals surface area (Å²) in [4.78, 5) is 10.4. The van der Waals surface area contributed by atoms with Gasteiger partial charge in [0.2, 0.25) is 5.71 Å². The molecular formula is C40H22N4O. The Morgan fingerprint density at radius 2 is 1.07 bits per heavy atom. The molecule has 0 saturated carbocycles. The van der Waals surface area contributed by atoms with Crippen molar-refractivity contribution in [2.45, 2.75) is 0 Å². The van der Waals surface area contributed by atoms with E-state index >= 15 is 0 Å². The van der Waals surface area contributed by atoms with Crippen LogP contribution in [0.1, 0.15) is 0 Å². The van der Waals surface area contributed by atoms with Crippen LogP contribution >= 0.6 is 0 Å². The average Bonchev–Trinajstić information content (AvgIpc) is 3.83. The van der Waals surface area contributed by atoms with E-state index in [2.05, 4.69) is 112 Å². The zero-order valence-electron chi connectivity index (χ0n) is 23.9. The summed E-state index contributed by atoms with van der Waals surface area (Å²) in [5, 5.41) is 9.28. The molecule has 0 spiro atoms. The Morgan fingerprint density at radius 3 is 1.87 bits per heavy atom. The van der Waals surface area contributed by atoms with Gasteiger partial charge < -0.3 is 8.82 Å². The second kappa shape index (κ2) is 8.24. The predicted octanol–water partition coefficient (Wildman–Crippen LogP) is 10.3. The van der Waals surface area contributed by atoms with Gasteiger partial charge in [-0.1, -0.05) is 103 Å². The number of aromatic nitrogens is 4. The fourth-order valence-corrected chi connectivity index (χ4v) is 7.66. The van der Waals surface area contributed by atoms with Crippen LogP contribution in [0.15, 0.2) is 138 Å². The minimum absolute atomic E-state index is 0.581. The highest BCUT2D eigenvalue weighted by molar-refractivity contribution is 6.34. The van der Waals surface area contributed by atoms with Gasteiger partial charge in [0.25, 0.3) is 0 Å². The molecule has 5 aromatic heterocycles. The molecule has 0 radical (unpaired) electrons. The second-order valence-electron chi connectivity index (χ2n) is 11.8. The molecule has 11 rings (SSSR count). The van der Waals surface area contributed by atoms with Crippen molar-refractivity contribution in [2.75, 3.05) is 0 Å². The fraction of sp³-hybridized carbons (Fsp3) is 0. The first-order chi connectivity index (χ1) is 22.3. The van der Waals surface area contributed by atoms with Gasteiger partial charge in [0.15, 0.2) is 11.6 Å². The summed E-state index contributed by atoms with van der Waals surface area (Å²) in [6.07, 6.45) is 0. The zero-order valence-corrected chi connectivity index (χ0v) is 23.9. The van der Waals surface area contributed by atoms with Gasteiger partial charge in [0, 0.05) is 43.3 Å². The van der Waals surface area contributed by atoms with Gasteiger partial charge in [-0.3, -0.25) is 4.57 Å². The lowest BCUT2D eigenvalue weighted by atomic mass is 10.0. The van der Waals surface area contributed by atoms with Gasteiger partial charge in [0.1, 0.15) is 5.58 Å². The van der Waals surface area contributed by atoms with E-state index in [1.54, 1.807) is 0 Å². The Hall–Kier alpha value is -6.20. The van der Waals surface area contributed by atoms with Crippen LogP contribution in [-0.2, 0) is 0 Å². The van der Waals surface area contributed by atoms with Gasteiger partial charge >= 0.3 is 0 Å². The van der Waals surface area contributed by atoms with E-state index in [1.807, 2.05) is 30.3 Å². The van der Waals surface area contributed by atoms with Crippen LogP contribution < -0.4 is 0 Å². The zero-order chi connectivity index (χ0) is 29.2. The molecule has 11 aromatic rings. The summed E-state index contributed by atoms with van der Waals surface area (Å²) in [5.74, 6) is 1.45. The summed E-state index contributed by atoms with van der Waals surface area (Å²) in [7, 11) is 0. The SMILES string of the molecule is c1ccc(-c2nc(-n3c4ccccc4c4cc5c6ccccc6n6c7ccccc7c(c43)c56)c3c(n2)oc2ccccc23)cc1. The molecule has 45 heavy (non-hydrogen) atoms. The highest BCUT2D eigenvalue weighted by atomic mass is 16.3. The van der Waals surface area contributed by atoms with Gasteiger partial charge in [-0.05, 0) is 30.3 Å². The average molecular weight is 575 g/mol. The lowest BCUT2D eigenvalue weighted by molar-refractivity contribution is 0.653. The van der Waals surface area contributed by atoms with E-state index in [4.69, 9.17) is 14.4 Å². The van der Waals surface area contributed by atoms with Crippen molar-refractivity contribution in [2.24, 2.45) is 0 Å². The number of nitrogens with zero attached hydrogens (tertiary/aromatic N) is 4. The number of rotatable bonds is 2. The van der Waals surface area contributed by atoms with Gasteiger partial charge in [-0.25, -0.2) is 4.98 Å². The van der Waals surface area contributed by atoms with Crippen LogP contribution in [0.5, 0.6) is 0 Å². The molecule has 0 unspecified atom stereocenters. The van der Waals surface area contributed by atoms with Crippen LogP contribution in [0.3, 0.4) is 0 Å². The Bertz CT molecular complexity index is 2980. The maximum Gasteiger partial charge on any atom is 0.233 e. The number of para-hydroxylation sites is 4. The normalized spacial score (nSPS) is 12.4. The molecule has 0 aliphatic heterocycles. The Kier molecular flexibility index (Phi) is 4.26. The van der Waals surface area contributed by atoms with Gasteiger partial charge in [0.05, 0.1) is 33.0 Å². The summed E-state index contributed by atoms with van der Waals surface area (Å²) in [6.45, 7) is 0. The Labute approximate surface area is 255 Å². The van der Waals surface area contributed by atoms with Crippen LogP contribution in [0, 0.1) is 0 Å². The number of hydrogen-bond acceptors (Lipinski definition) is 3. The van der Waals surface area contributed by atoms with Crippen molar-refractivity contribution in [1.82, 2.24) is 18.9 Å². The highest BCUT2D eigenvalue weighted by Crippen LogP contribution is 2.47. The quantitative estimate of drug-likeness (QED) is 0.206. The summed E-state index contributed by atoms with van der Waals surface area (Å²) in [6, 6.07) is 46.9. The van der Waals surface area contributed by atoms with E-state index in [9.17, 15) is 0 Å². The number of furan rings is 1. The minimum Gasteiger partial charge on any atom is -0.437 e. The standard InChI is InChI=1S/C40H22N4O/c1-2-12-23(13-3-1)38-41-39(35-27-17-7-11-21-33(27)45-40(35)42-38)44-31-19-9-5-15-25(31)29-22-28-24-14-4-8-18-30(24)43-32-20-10-6-16-26(32)34(36(28)43)37(29)44/h1-22H. The fourth-order valence-electron chi connectivity index (χ4n) is 7.66. The van der Waals surface area contributed by atoms with Crippen molar-refractivity contribution in [1.29, 1.82) is 0 Å². The maximum absolute atomic E-state index is 6.44. The first-order valence-corrected chi connectivity index (χ1v) is 15.2. The van der Waals surface area contributed by atoms with Gasteiger partial charge in [-0.15, -0.1) is 0 Å². The molecular weight excluding hydrogens is 552 g/mol. The summed E-state index contributed by atoms with van der Waals surface area (Å²) in [5.41, 5.74) is 8.22. The molecule has 0 aliphatic carbocycles. The third-order valence-electron chi connectivity index (χ3n) is 9.47. The molecule has 0 N–H and O–H groups in total. The van der Waals surface area contributed by atoms with Crippen LogP contribution in [0.2, 0.25) is 0 Å². The van der Waals surface area contributed by atoms with Crippen molar-refractivity contribution in [3.63, 3.8) is 0 Å². The lowest BCUT2D eigenvalue weighted by Crippen LogP contribution is -2.02. The molecule has 0 amide bonds. The molecule has 5 heteroatoms. The topological polar surface area (TPSA) is 48.3 Å². The van der Waals surface area contributed by atoms with E-state index in [-0.39, 0.29) is 0 Å². The molecule has 0 atom stereocenters. The predicted molar refractivity (Wildman–Crippen MR) is 184 cm³/mol. The second-order valence-corrected chi connectivity index (χ2v) is 11.8. The van der Waals surface area contributed by atoms with Crippen molar-refractivity contribution in [3.05, 3.63) is 133 Å². The van der Waals surface area contributed by atoms with Crippen LogP contribution in [-0.4, -0.2) is 18.9 Å². The molecule has 0 aliphatic rings. The van der Waals surface area contributed by atoms with Gasteiger partial charge in [-0.2, -0.15) is 4.98 Å². The molecule has 0 fully saturated rings. The van der Waals surface area contributed by atoms with E-state index in [0.717, 1.165) is 38.8 Å². The molecule has 5 heterocycles. The lowest BCUT2D eigenvalue weighted by Gasteiger charge is -2.11. The molecule has 0 saturated heterocycles. The number of hydrogen-bond donors (Lipinski definition) is 0. The van der Waals surface area contributed by atoms with E-state index in [0.29, 0.717) is 11.5 Å². The number of fused-ring (bicyclic) bond motifs is 13. The summed E-state index contributed by atoms with van der Waals surface area (Å²) < 4.78 is 11.2. The highest BCUT2D eigenvalue weighted by Gasteiger charge is 2.26. The van der Waals surface area contributed by atoms with E-state index < -0.39 is 0 Å².